The number of carbonyl (C=O) groups excluding carboxylic acids is 1. The molecule has 2 aromatic heterocycles. The van der Waals surface area contributed by atoms with Crippen molar-refractivity contribution < 1.29 is 18.3 Å². The van der Waals surface area contributed by atoms with Crippen molar-refractivity contribution in [1.29, 1.82) is 0 Å². The second-order valence-corrected chi connectivity index (χ2v) is 9.55. The molecule has 0 aliphatic heterocycles. The Morgan fingerprint density at radius 2 is 1.91 bits per heavy atom. The van der Waals surface area contributed by atoms with Gasteiger partial charge >= 0.3 is 0 Å². The zero-order chi connectivity index (χ0) is 24.0. The molecule has 2 heterocycles. The summed E-state index contributed by atoms with van der Waals surface area (Å²) < 4.78 is 28.2. The number of benzene rings is 1. The molecule has 3 rings (SSSR count). The highest BCUT2D eigenvalue weighted by molar-refractivity contribution is 7.89. The van der Waals surface area contributed by atoms with Gasteiger partial charge in [-0.3, -0.25) is 4.79 Å². The van der Waals surface area contributed by atoms with Crippen molar-refractivity contribution >= 4 is 27.5 Å². The van der Waals surface area contributed by atoms with Crippen LogP contribution in [0.2, 0.25) is 5.02 Å². The fraction of sp³-hybridized carbons (Fsp3) is 0.318. The molecule has 0 bridgehead atoms. The van der Waals surface area contributed by atoms with Crippen LogP contribution in [-0.4, -0.2) is 47.3 Å². The zero-order valence-electron chi connectivity index (χ0n) is 18.3. The largest absolute Gasteiger partial charge is 0.395 e. The van der Waals surface area contributed by atoms with Crippen molar-refractivity contribution in [3.63, 3.8) is 0 Å². The quantitative estimate of drug-likeness (QED) is 0.400. The third-order valence-corrected chi connectivity index (χ3v) is 6.68. The monoisotopic (exact) mass is 491 g/mol. The molecule has 9 nitrogen and oxygen atoms in total. The van der Waals surface area contributed by atoms with Gasteiger partial charge in [0.2, 0.25) is 0 Å². The normalized spacial score (nSPS) is 12.5. The first-order chi connectivity index (χ1) is 15.8. The molecule has 33 heavy (non-hydrogen) atoms. The summed E-state index contributed by atoms with van der Waals surface area (Å²) in [6.07, 6.45) is 4.40. The molecule has 0 saturated heterocycles. The van der Waals surface area contributed by atoms with Crippen LogP contribution in [0.25, 0.3) is 5.69 Å². The van der Waals surface area contributed by atoms with Gasteiger partial charge in [-0.25, -0.2) is 22.8 Å². The smallest absolute Gasteiger partial charge is 0.258 e. The van der Waals surface area contributed by atoms with E-state index in [1.54, 1.807) is 22.9 Å². The van der Waals surface area contributed by atoms with Gasteiger partial charge in [0.25, 0.3) is 15.9 Å². The van der Waals surface area contributed by atoms with Gasteiger partial charge in [-0.1, -0.05) is 31.0 Å². The maximum atomic E-state index is 13.0. The number of nitrogens with zero attached hydrogens (tertiary/aromatic N) is 3. The summed E-state index contributed by atoms with van der Waals surface area (Å²) in [5.41, 5.74) is 2.59. The van der Waals surface area contributed by atoms with E-state index in [4.69, 9.17) is 16.7 Å². The van der Waals surface area contributed by atoms with E-state index in [1.165, 1.54) is 18.5 Å². The lowest BCUT2D eigenvalue weighted by Crippen LogP contribution is -2.29. The molecule has 0 fully saturated rings. The number of hydrogen-bond acceptors (Lipinski definition) is 6. The van der Waals surface area contributed by atoms with Gasteiger partial charge in [0.1, 0.15) is 0 Å². The highest BCUT2D eigenvalue weighted by Gasteiger charge is 2.21. The lowest BCUT2D eigenvalue weighted by Gasteiger charge is -2.18. The molecule has 11 heteroatoms. The third kappa shape index (κ3) is 5.97. The Morgan fingerprint density at radius 3 is 2.52 bits per heavy atom. The van der Waals surface area contributed by atoms with Crippen molar-refractivity contribution in [2.24, 2.45) is 0 Å². The van der Waals surface area contributed by atoms with Crippen LogP contribution in [0.4, 0.5) is 0 Å². The Kier molecular flexibility index (Phi) is 8.20. The van der Waals surface area contributed by atoms with Crippen LogP contribution in [0.3, 0.4) is 0 Å². The summed E-state index contributed by atoms with van der Waals surface area (Å²) >= 11 is 5.95. The standard InChI is InChI=1S/C22H26ClN5O4S/c1-3-4-20(16-5-10-21(24-13-16)33(31,32)26-11-12-29)27-22(30)19-14-25-28(15(19)2)18-8-6-17(23)7-9-18/h5-10,13-14,20,26,29H,3-4,11-12H2,1-2H3,(H,27,30). The van der Waals surface area contributed by atoms with E-state index in [0.717, 1.165) is 12.1 Å². The van der Waals surface area contributed by atoms with E-state index < -0.39 is 10.0 Å². The molecule has 0 spiro atoms. The summed E-state index contributed by atoms with van der Waals surface area (Å²) in [4.78, 5) is 17.1. The summed E-state index contributed by atoms with van der Waals surface area (Å²) in [6, 6.07) is 9.81. The molecule has 176 valence electrons. The lowest BCUT2D eigenvalue weighted by atomic mass is 10.0. The number of amides is 1. The third-order valence-electron chi connectivity index (χ3n) is 5.05. The molecule has 0 aliphatic carbocycles. The van der Waals surface area contributed by atoms with Gasteiger partial charge in [0.05, 0.1) is 35.8 Å². The predicted octanol–water partition coefficient (Wildman–Crippen LogP) is 2.77. The van der Waals surface area contributed by atoms with Crippen molar-refractivity contribution in [2.45, 2.75) is 37.8 Å². The molecule has 0 aliphatic rings. The number of aliphatic hydroxyl groups excluding tert-OH is 1. The second kappa shape index (κ2) is 10.9. The number of nitrogens with one attached hydrogen (secondary N) is 2. The molecule has 0 radical (unpaired) electrons. The van der Waals surface area contributed by atoms with E-state index in [0.29, 0.717) is 28.3 Å². The highest BCUT2D eigenvalue weighted by Crippen LogP contribution is 2.22. The average Bonchev–Trinajstić information content (AvgIpc) is 3.19. The number of halogens is 1. The summed E-state index contributed by atoms with van der Waals surface area (Å²) in [7, 11) is -3.80. The van der Waals surface area contributed by atoms with Gasteiger partial charge in [-0.2, -0.15) is 5.10 Å². The molecule has 0 saturated carbocycles. The predicted molar refractivity (Wildman–Crippen MR) is 125 cm³/mol. The minimum Gasteiger partial charge on any atom is -0.395 e. The SMILES string of the molecule is CCCC(NC(=O)c1cnn(-c2ccc(Cl)cc2)c1C)c1ccc(S(=O)(=O)NCCO)nc1. The van der Waals surface area contributed by atoms with Crippen molar-refractivity contribution in [3.8, 4) is 5.69 Å². The van der Waals surface area contributed by atoms with Gasteiger partial charge in [-0.05, 0) is 49.2 Å². The fourth-order valence-corrected chi connectivity index (χ4v) is 4.41. The number of hydrogen-bond donors (Lipinski definition) is 3. The van der Waals surface area contributed by atoms with Crippen molar-refractivity contribution in [3.05, 3.63) is 70.6 Å². The minimum absolute atomic E-state index is 0.0939. The van der Waals surface area contributed by atoms with Crippen LogP contribution < -0.4 is 10.0 Å². The molecule has 1 atom stereocenters. The van der Waals surface area contributed by atoms with Crippen LogP contribution in [0.15, 0.2) is 53.8 Å². The molecule has 3 N–H and O–H groups in total. The second-order valence-electron chi connectivity index (χ2n) is 7.40. The Bertz CT molecular complexity index is 1190. The van der Waals surface area contributed by atoms with Crippen LogP contribution in [0.1, 0.15) is 47.4 Å². The number of carbonyl (C=O) groups is 1. The first kappa shape index (κ1) is 24.8. The maximum absolute atomic E-state index is 13.0. The molecular weight excluding hydrogens is 466 g/mol. The van der Waals surface area contributed by atoms with E-state index in [1.807, 2.05) is 26.0 Å². The lowest BCUT2D eigenvalue weighted by molar-refractivity contribution is 0.0933. The molecular formula is C22H26ClN5O4S. The molecule has 1 aromatic carbocycles. The van der Waals surface area contributed by atoms with E-state index in [-0.39, 0.29) is 30.1 Å². The fourth-order valence-electron chi connectivity index (χ4n) is 3.33. The molecule has 1 unspecified atom stereocenters. The van der Waals surface area contributed by atoms with Crippen molar-refractivity contribution in [2.75, 3.05) is 13.2 Å². The molecule has 3 aromatic rings. The first-order valence-electron chi connectivity index (χ1n) is 10.4. The van der Waals surface area contributed by atoms with Crippen LogP contribution >= 0.6 is 11.6 Å². The first-order valence-corrected chi connectivity index (χ1v) is 12.3. The maximum Gasteiger partial charge on any atom is 0.258 e. The average molecular weight is 492 g/mol. The van der Waals surface area contributed by atoms with E-state index in [2.05, 4.69) is 20.1 Å². The Hall–Kier alpha value is -2.79. The van der Waals surface area contributed by atoms with E-state index >= 15 is 0 Å². The number of aliphatic hydroxyl groups is 1. The number of rotatable bonds is 10. The highest BCUT2D eigenvalue weighted by atomic mass is 35.5. The number of sulfonamides is 1. The van der Waals surface area contributed by atoms with Gasteiger partial charge in [0, 0.05) is 17.8 Å². The zero-order valence-corrected chi connectivity index (χ0v) is 19.9. The summed E-state index contributed by atoms with van der Waals surface area (Å²) in [6.45, 7) is 3.40. The Labute approximate surface area is 197 Å². The minimum atomic E-state index is -3.80. The van der Waals surface area contributed by atoms with Crippen molar-refractivity contribution in [1.82, 2.24) is 24.8 Å². The van der Waals surface area contributed by atoms with Gasteiger partial charge < -0.3 is 10.4 Å². The summed E-state index contributed by atoms with van der Waals surface area (Å²) in [5.74, 6) is -0.285. The number of aromatic nitrogens is 3. The topological polar surface area (TPSA) is 126 Å². The van der Waals surface area contributed by atoms with Crippen LogP contribution in [-0.2, 0) is 10.0 Å². The summed E-state index contributed by atoms with van der Waals surface area (Å²) in [5, 5.41) is 16.6. The van der Waals surface area contributed by atoms with Gasteiger partial charge in [0.15, 0.2) is 5.03 Å². The Morgan fingerprint density at radius 1 is 1.18 bits per heavy atom. The molecule has 1 amide bonds. The van der Waals surface area contributed by atoms with E-state index in [9.17, 15) is 13.2 Å². The Balaban J connectivity index is 1.79. The van der Waals surface area contributed by atoms with Gasteiger partial charge in [-0.15, -0.1) is 0 Å². The number of pyridine rings is 1. The van der Waals surface area contributed by atoms with Crippen LogP contribution in [0.5, 0.6) is 0 Å². The van der Waals surface area contributed by atoms with Crippen LogP contribution in [0, 0.1) is 6.92 Å².